The van der Waals surface area contributed by atoms with E-state index in [2.05, 4.69) is 102 Å². The number of nitrogens with one attached hydrogen (secondary N) is 10. The van der Waals surface area contributed by atoms with Gasteiger partial charge in [0.25, 0.3) is 0 Å². The van der Waals surface area contributed by atoms with E-state index in [1.165, 1.54) is 0 Å². The Bertz CT molecular complexity index is 3290. The Kier molecular flexibility index (Phi) is 43.1. The lowest BCUT2D eigenvalue weighted by atomic mass is 9.98. The predicted molar refractivity (Wildman–Crippen MR) is 412 cm³/mol. The van der Waals surface area contributed by atoms with Crippen molar-refractivity contribution < 1.29 is 95.2 Å². The number of amides is 8. The standard InChI is InChI=1S/C78H118N12O20/c1-77(2,3)109-75(97)87-31-43-105-51-46-100-38-26-82-70(92)54-80-24-33-89(55-71(93)83-27-39-101-47-50-104-42-30-86-74(96)108-58-68-65-21-13-9-17-61(65)62-18-10-14-22-66(62)68)35-36-90(56-72(94)84-28-40-102-48-52-106-44-32-88-76(98)110-78(4,5)6)34-23-79-53-69(91)81-25-37-99-45-49-103-41-29-85-73(95)107-57-67-63-19-11-7-15-59(63)60-16-8-12-20-64(60)67/h7-22,67-68,79-80H,23-58H2,1-6H3,(H,81,91)(H,82,92)(H,83,93)(H,84,94)(H,85,95)(H,86,96)(H,87,97)(H,88,98). The lowest BCUT2D eigenvalue weighted by molar-refractivity contribution is -0.124. The summed E-state index contributed by atoms with van der Waals surface area (Å²) in [6, 6.07) is 32.6. The van der Waals surface area contributed by atoms with E-state index < -0.39 is 35.6 Å². The van der Waals surface area contributed by atoms with Crippen molar-refractivity contribution >= 4 is 48.0 Å². The highest BCUT2D eigenvalue weighted by molar-refractivity contribution is 5.82. The molecule has 4 aromatic rings. The van der Waals surface area contributed by atoms with E-state index in [-0.39, 0.29) is 226 Å². The lowest BCUT2D eigenvalue weighted by Gasteiger charge is -2.27. The normalized spacial score (nSPS) is 12.3. The van der Waals surface area contributed by atoms with Gasteiger partial charge < -0.3 is 110 Å². The fraction of sp³-hybridized carbons (Fsp3) is 0.590. The third-order valence-electron chi connectivity index (χ3n) is 16.6. The summed E-state index contributed by atoms with van der Waals surface area (Å²) in [7, 11) is 0. The van der Waals surface area contributed by atoms with Crippen molar-refractivity contribution in [2.45, 2.75) is 64.6 Å². The second-order valence-corrected chi connectivity index (χ2v) is 27.6. The zero-order valence-corrected chi connectivity index (χ0v) is 64.9. The summed E-state index contributed by atoms with van der Waals surface area (Å²) >= 11 is 0. The van der Waals surface area contributed by atoms with Crippen LogP contribution in [0.25, 0.3) is 22.3 Å². The molecule has 2 aliphatic carbocycles. The molecule has 6 rings (SSSR count). The first-order valence-corrected chi connectivity index (χ1v) is 37.9. The quantitative estimate of drug-likeness (QED) is 0.0223. The van der Waals surface area contributed by atoms with Crippen molar-refractivity contribution in [2.75, 3.05) is 237 Å². The third kappa shape index (κ3) is 38.3. The second-order valence-electron chi connectivity index (χ2n) is 27.6. The summed E-state index contributed by atoms with van der Waals surface area (Å²) in [5, 5.41) is 28.5. The molecule has 32 heteroatoms. The fourth-order valence-corrected chi connectivity index (χ4v) is 11.5. The molecule has 8 amide bonds. The van der Waals surface area contributed by atoms with Crippen LogP contribution < -0.4 is 53.2 Å². The van der Waals surface area contributed by atoms with E-state index >= 15 is 0 Å². The molecule has 0 aliphatic heterocycles. The van der Waals surface area contributed by atoms with Gasteiger partial charge in [-0.15, -0.1) is 0 Å². The molecule has 0 spiro atoms. The van der Waals surface area contributed by atoms with Crippen LogP contribution in [-0.4, -0.2) is 306 Å². The first kappa shape index (κ1) is 90.2. The van der Waals surface area contributed by atoms with Gasteiger partial charge >= 0.3 is 24.4 Å². The van der Waals surface area contributed by atoms with E-state index in [9.17, 15) is 38.4 Å². The van der Waals surface area contributed by atoms with Crippen molar-refractivity contribution in [1.29, 1.82) is 0 Å². The molecule has 0 saturated heterocycles. The topological polar surface area (TPSA) is 374 Å². The average molecular weight is 1540 g/mol. The summed E-state index contributed by atoms with van der Waals surface area (Å²) in [6.07, 6.45) is -2.11. The van der Waals surface area contributed by atoms with Gasteiger partial charge in [-0.3, -0.25) is 29.0 Å². The van der Waals surface area contributed by atoms with E-state index in [1.807, 2.05) is 58.3 Å². The van der Waals surface area contributed by atoms with Gasteiger partial charge in [0.15, 0.2) is 0 Å². The van der Waals surface area contributed by atoms with Gasteiger partial charge in [0.1, 0.15) is 24.4 Å². The molecule has 4 aromatic carbocycles. The number of nitrogens with zero attached hydrogens (tertiary/aromatic N) is 2. The summed E-state index contributed by atoms with van der Waals surface area (Å²) < 4.78 is 66.6. The Morgan fingerprint density at radius 1 is 0.300 bits per heavy atom. The maximum absolute atomic E-state index is 13.5. The number of benzene rings is 4. The Labute approximate surface area is 646 Å². The van der Waals surface area contributed by atoms with Crippen LogP contribution in [0.5, 0.6) is 0 Å². The molecule has 0 heterocycles. The number of fused-ring (bicyclic) bond motifs is 6. The fourth-order valence-electron chi connectivity index (χ4n) is 11.5. The number of ether oxygens (including phenoxy) is 12. The number of hydrogen-bond acceptors (Lipinski definition) is 24. The van der Waals surface area contributed by atoms with Crippen LogP contribution in [0, 0.1) is 0 Å². The van der Waals surface area contributed by atoms with E-state index in [4.69, 9.17) is 56.8 Å². The molecule has 0 fully saturated rings. The Hall–Kier alpha value is -8.64. The SMILES string of the molecule is CC(C)(C)OC(=O)NCCOCCOCCNC(=O)CNCCN(CCN(CCNCC(=O)NCCOCCOCCNC(=O)OCC1c2ccccc2-c2ccccc21)CC(=O)NCCOCCOCCNC(=O)OC(C)(C)C)CC(=O)NCCOCCOCCNC(=O)OCC1c2ccccc2-c2ccccc21. The molecule has 10 N–H and O–H groups in total. The molecule has 2 aliphatic rings. The van der Waals surface area contributed by atoms with Crippen LogP contribution in [0.3, 0.4) is 0 Å². The van der Waals surface area contributed by atoms with E-state index in [0.29, 0.717) is 45.9 Å². The monoisotopic (exact) mass is 1540 g/mol. The molecule has 32 nitrogen and oxygen atoms in total. The smallest absolute Gasteiger partial charge is 0.407 e. The van der Waals surface area contributed by atoms with Gasteiger partial charge in [-0.2, -0.15) is 0 Å². The zero-order chi connectivity index (χ0) is 78.9. The average Bonchev–Trinajstić information content (AvgIpc) is 1.63. The van der Waals surface area contributed by atoms with Crippen LogP contribution in [0.15, 0.2) is 97.1 Å². The lowest BCUT2D eigenvalue weighted by Crippen LogP contribution is -2.48. The Morgan fingerprint density at radius 2 is 0.545 bits per heavy atom. The third-order valence-corrected chi connectivity index (χ3v) is 16.6. The molecule has 0 radical (unpaired) electrons. The van der Waals surface area contributed by atoms with Gasteiger partial charge in [-0.05, 0) is 86.1 Å². The highest BCUT2D eigenvalue weighted by Gasteiger charge is 2.31. The van der Waals surface area contributed by atoms with Gasteiger partial charge in [0.05, 0.1) is 132 Å². The highest BCUT2D eigenvalue weighted by atomic mass is 16.6. The van der Waals surface area contributed by atoms with Gasteiger partial charge in [-0.1, -0.05) is 97.1 Å². The largest absolute Gasteiger partial charge is 0.449 e. The van der Waals surface area contributed by atoms with E-state index in [1.54, 1.807) is 41.5 Å². The summed E-state index contributed by atoms with van der Waals surface area (Å²) in [5.41, 5.74) is 7.91. The molecule has 0 aromatic heterocycles. The predicted octanol–water partition coefficient (Wildman–Crippen LogP) is 3.49. The summed E-state index contributed by atoms with van der Waals surface area (Å²) in [6.45, 7) is 19.2. The minimum absolute atomic E-state index is 0.00382. The van der Waals surface area contributed by atoms with Gasteiger partial charge in [0, 0.05) is 103 Å². The van der Waals surface area contributed by atoms with Crippen molar-refractivity contribution in [3.63, 3.8) is 0 Å². The van der Waals surface area contributed by atoms with Crippen LogP contribution in [0.1, 0.15) is 75.6 Å². The molecule has 610 valence electrons. The van der Waals surface area contributed by atoms with Crippen molar-refractivity contribution in [2.24, 2.45) is 0 Å². The number of hydrogen-bond donors (Lipinski definition) is 10. The van der Waals surface area contributed by atoms with Crippen molar-refractivity contribution in [3.05, 3.63) is 119 Å². The van der Waals surface area contributed by atoms with Gasteiger partial charge in [0.2, 0.25) is 23.6 Å². The highest BCUT2D eigenvalue weighted by Crippen LogP contribution is 2.45. The molecule has 0 atom stereocenters. The van der Waals surface area contributed by atoms with Crippen molar-refractivity contribution in [1.82, 2.24) is 63.0 Å². The minimum atomic E-state index is -0.614. The first-order chi connectivity index (χ1) is 53.2. The molecule has 0 unspecified atom stereocenters. The van der Waals surface area contributed by atoms with Crippen LogP contribution in [-0.2, 0) is 76.0 Å². The van der Waals surface area contributed by atoms with Crippen LogP contribution in [0.4, 0.5) is 19.2 Å². The van der Waals surface area contributed by atoms with Crippen molar-refractivity contribution in [3.8, 4) is 22.3 Å². The molecule has 110 heavy (non-hydrogen) atoms. The Morgan fingerprint density at radius 3 is 0.818 bits per heavy atom. The number of rotatable bonds is 57. The molecular weight excluding hydrogens is 1420 g/mol. The maximum atomic E-state index is 13.5. The molecular formula is C78H118N12O20. The first-order valence-electron chi connectivity index (χ1n) is 37.9. The number of carbonyl (C=O) groups is 8. The van der Waals surface area contributed by atoms with Crippen LogP contribution >= 0.6 is 0 Å². The number of carbonyl (C=O) groups excluding carboxylic acids is 8. The number of alkyl carbamates (subject to hydrolysis) is 4. The zero-order valence-electron chi connectivity index (χ0n) is 64.9. The second kappa shape index (κ2) is 52.5. The van der Waals surface area contributed by atoms with Gasteiger partial charge in [-0.25, -0.2) is 19.2 Å². The minimum Gasteiger partial charge on any atom is -0.449 e. The Balaban J connectivity index is 0.890. The molecule has 0 bridgehead atoms. The van der Waals surface area contributed by atoms with E-state index in [0.717, 1.165) is 44.5 Å². The van der Waals surface area contributed by atoms with Crippen LogP contribution in [0.2, 0.25) is 0 Å². The summed E-state index contributed by atoms with van der Waals surface area (Å²) in [4.78, 5) is 105. The maximum Gasteiger partial charge on any atom is 0.407 e. The molecule has 0 saturated carbocycles. The summed E-state index contributed by atoms with van der Waals surface area (Å²) in [5.74, 6) is -1.16.